The predicted molar refractivity (Wildman–Crippen MR) is 75.5 cm³/mol. The molecule has 0 spiro atoms. The van der Waals surface area contributed by atoms with E-state index in [0.717, 1.165) is 0 Å². The van der Waals surface area contributed by atoms with Gasteiger partial charge in [0.2, 0.25) is 0 Å². The Hall–Kier alpha value is -1.21. The SMILES string of the molecule is Cc1c(C(=O)NCC(F)(F)CN)cnn1C(C)(C)C.Cl. The second-order valence-corrected chi connectivity index (χ2v) is 5.47. The van der Waals surface area contributed by atoms with Crippen LogP contribution in [-0.2, 0) is 5.54 Å². The Labute approximate surface area is 123 Å². The van der Waals surface area contributed by atoms with Crippen LogP contribution in [0.5, 0.6) is 0 Å². The van der Waals surface area contributed by atoms with Gasteiger partial charge in [0.05, 0.1) is 30.4 Å². The second-order valence-electron chi connectivity index (χ2n) is 5.47. The van der Waals surface area contributed by atoms with E-state index in [9.17, 15) is 13.6 Å². The van der Waals surface area contributed by atoms with Crippen LogP contribution in [-0.4, -0.2) is 34.7 Å². The summed E-state index contributed by atoms with van der Waals surface area (Å²) in [5.74, 6) is -3.66. The van der Waals surface area contributed by atoms with Crippen LogP contribution in [0.1, 0.15) is 36.8 Å². The minimum Gasteiger partial charge on any atom is -0.346 e. The number of nitrogens with one attached hydrogen (secondary N) is 1. The second kappa shape index (κ2) is 6.49. The Morgan fingerprint density at radius 3 is 2.40 bits per heavy atom. The van der Waals surface area contributed by atoms with Crippen molar-refractivity contribution < 1.29 is 13.6 Å². The average molecular weight is 311 g/mol. The lowest BCUT2D eigenvalue weighted by molar-refractivity contribution is 0.0118. The number of hydrogen-bond acceptors (Lipinski definition) is 3. The molecule has 3 N–H and O–H groups in total. The number of halogens is 3. The lowest BCUT2D eigenvalue weighted by Crippen LogP contribution is -2.41. The number of hydrogen-bond donors (Lipinski definition) is 2. The van der Waals surface area contributed by atoms with Gasteiger partial charge in [-0.25, -0.2) is 8.78 Å². The van der Waals surface area contributed by atoms with Crippen molar-refractivity contribution in [1.29, 1.82) is 0 Å². The Morgan fingerprint density at radius 1 is 1.45 bits per heavy atom. The van der Waals surface area contributed by atoms with Crippen LogP contribution in [0.4, 0.5) is 8.78 Å². The maximum atomic E-state index is 13.0. The summed E-state index contributed by atoms with van der Waals surface area (Å²) < 4.78 is 27.6. The van der Waals surface area contributed by atoms with Gasteiger partial charge in [0.1, 0.15) is 0 Å². The highest BCUT2D eigenvalue weighted by molar-refractivity contribution is 5.95. The fourth-order valence-corrected chi connectivity index (χ4v) is 1.69. The van der Waals surface area contributed by atoms with Crippen molar-refractivity contribution in [3.63, 3.8) is 0 Å². The topological polar surface area (TPSA) is 72.9 Å². The summed E-state index contributed by atoms with van der Waals surface area (Å²) >= 11 is 0. The predicted octanol–water partition coefficient (Wildman–Crippen LogP) is 1.69. The number of alkyl halides is 2. The Bertz CT molecular complexity index is 469. The van der Waals surface area contributed by atoms with Crippen molar-refractivity contribution in [2.45, 2.75) is 39.2 Å². The third-order valence-electron chi connectivity index (χ3n) is 2.70. The zero-order valence-corrected chi connectivity index (χ0v) is 12.9. The summed E-state index contributed by atoms with van der Waals surface area (Å²) in [7, 11) is 0. The molecule has 0 unspecified atom stereocenters. The first-order chi connectivity index (χ1) is 8.58. The summed E-state index contributed by atoms with van der Waals surface area (Å²) in [5, 5.41) is 6.29. The highest BCUT2D eigenvalue weighted by Gasteiger charge is 2.28. The first kappa shape index (κ1) is 18.8. The van der Waals surface area contributed by atoms with Crippen molar-refractivity contribution in [3.8, 4) is 0 Å². The van der Waals surface area contributed by atoms with Crippen LogP contribution in [0.3, 0.4) is 0 Å². The molecule has 0 aliphatic carbocycles. The fraction of sp³-hybridized carbons (Fsp3) is 0.667. The van der Waals surface area contributed by atoms with E-state index in [4.69, 9.17) is 5.73 Å². The number of carbonyl (C=O) groups is 1. The van der Waals surface area contributed by atoms with Gasteiger partial charge in [-0.2, -0.15) is 5.10 Å². The van der Waals surface area contributed by atoms with E-state index in [1.165, 1.54) is 6.20 Å². The third kappa shape index (κ3) is 4.42. The normalized spacial score (nSPS) is 11.9. The molecule has 0 aliphatic heterocycles. The fourth-order valence-electron chi connectivity index (χ4n) is 1.69. The molecule has 1 aromatic heterocycles. The van der Waals surface area contributed by atoms with Gasteiger partial charge in [0, 0.05) is 5.69 Å². The van der Waals surface area contributed by atoms with E-state index < -0.39 is 24.9 Å². The summed E-state index contributed by atoms with van der Waals surface area (Å²) in [6.07, 6.45) is 1.39. The van der Waals surface area contributed by atoms with Crippen LogP contribution in [0.25, 0.3) is 0 Å². The van der Waals surface area contributed by atoms with Gasteiger partial charge in [0.25, 0.3) is 11.8 Å². The maximum Gasteiger partial charge on any atom is 0.277 e. The molecular formula is C12H21ClF2N4O. The van der Waals surface area contributed by atoms with Crippen molar-refractivity contribution in [1.82, 2.24) is 15.1 Å². The molecule has 0 aromatic carbocycles. The first-order valence-corrected chi connectivity index (χ1v) is 6.00. The Kier molecular flexibility index (Phi) is 6.10. The number of carbonyl (C=O) groups excluding carboxylic acids is 1. The molecule has 1 aromatic rings. The van der Waals surface area contributed by atoms with Gasteiger partial charge in [-0.3, -0.25) is 9.48 Å². The molecule has 1 rings (SSSR count). The minimum absolute atomic E-state index is 0. The largest absolute Gasteiger partial charge is 0.346 e. The van der Waals surface area contributed by atoms with E-state index in [-0.39, 0.29) is 17.9 Å². The smallest absolute Gasteiger partial charge is 0.277 e. The van der Waals surface area contributed by atoms with Crippen LogP contribution >= 0.6 is 12.4 Å². The van der Waals surface area contributed by atoms with E-state index in [2.05, 4.69) is 10.4 Å². The van der Waals surface area contributed by atoms with Gasteiger partial charge in [0.15, 0.2) is 0 Å². The monoisotopic (exact) mass is 310 g/mol. The van der Waals surface area contributed by atoms with E-state index in [0.29, 0.717) is 11.3 Å². The summed E-state index contributed by atoms with van der Waals surface area (Å²) in [6, 6.07) is 0. The molecule has 1 amide bonds. The third-order valence-corrected chi connectivity index (χ3v) is 2.70. The summed E-state index contributed by atoms with van der Waals surface area (Å²) in [5.41, 5.74) is 5.56. The number of amides is 1. The zero-order chi connectivity index (χ0) is 14.8. The summed E-state index contributed by atoms with van der Waals surface area (Å²) in [4.78, 5) is 11.8. The molecule has 5 nitrogen and oxygen atoms in total. The van der Waals surface area contributed by atoms with E-state index in [1.54, 1.807) is 11.6 Å². The van der Waals surface area contributed by atoms with E-state index in [1.807, 2.05) is 20.8 Å². The molecule has 0 saturated carbocycles. The van der Waals surface area contributed by atoms with Gasteiger partial charge in [-0.15, -0.1) is 12.4 Å². The number of rotatable bonds is 4. The molecule has 20 heavy (non-hydrogen) atoms. The van der Waals surface area contributed by atoms with Crippen LogP contribution < -0.4 is 11.1 Å². The van der Waals surface area contributed by atoms with Crippen molar-refractivity contribution in [3.05, 3.63) is 17.5 Å². The van der Waals surface area contributed by atoms with Crippen molar-refractivity contribution >= 4 is 18.3 Å². The molecule has 1 heterocycles. The van der Waals surface area contributed by atoms with Crippen molar-refractivity contribution in [2.24, 2.45) is 5.73 Å². The quantitative estimate of drug-likeness (QED) is 0.889. The maximum absolute atomic E-state index is 13.0. The number of aromatic nitrogens is 2. The van der Waals surface area contributed by atoms with Gasteiger partial charge < -0.3 is 11.1 Å². The van der Waals surface area contributed by atoms with Gasteiger partial charge in [-0.05, 0) is 27.7 Å². The van der Waals surface area contributed by atoms with Crippen LogP contribution in [0.15, 0.2) is 6.20 Å². The molecule has 0 saturated heterocycles. The zero-order valence-electron chi connectivity index (χ0n) is 12.0. The highest BCUT2D eigenvalue weighted by Crippen LogP contribution is 2.18. The van der Waals surface area contributed by atoms with E-state index >= 15 is 0 Å². The molecule has 8 heteroatoms. The van der Waals surface area contributed by atoms with Gasteiger partial charge >= 0.3 is 0 Å². The molecular weight excluding hydrogens is 290 g/mol. The van der Waals surface area contributed by atoms with Crippen LogP contribution in [0, 0.1) is 6.92 Å². The molecule has 0 atom stereocenters. The molecule has 0 fully saturated rings. The average Bonchev–Trinajstić information content (AvgIpc) is 2.68. The van der Waals surface area contributed by atoms with Crippen LogP contribution in [0.2, 0.25) is 0 Å². The minimum atomic E-state index is -3.09. The number of nitrogens with zero attached hydrogens (tertiary/aromatic N) is 2. The molecule has 0 bridgehead atoms. The number of nitrogens with two attached hydrogens (primary N) is 1. The lowest BCUT2D eigenvalue weighted by atomic mass is 10.1. The van der Waals surface area contributed by atoms with Gasteiger partial charge in [-0.1, -0.05) is 0 Å². The first-order valence-electron chi connectivity index (χ1n) is 6.00. The lowest BCUT2D eigenvalue weighted by Gasteiger charge is -2.21. The summed E-state index contributed by atoms with van der Waals surface area (Å²) in [6.45, 7) is 5.98. The molecule has 0 radical (unpaired) electrons. The highest BCUT2D eigenvalue weighted by atomic mass is 35.5. The molecule has 0 aliphatic rings. The Balaban J connectivity index is 0.00000361. The Morgan fingerprint density at radius 2 is 2.00 bits per heavy atom. The van der Waals surface area contributed by atoms with Crippen molar-refractivity contribution in [2.75, 3.05) is 13.1 Å². The standard InChI is InChI=1S/C12H20F2N4O.ClH/c1-8-9(5-17-18(8)11(2,3)4)10(19)16-7-12(13,14)6-15;/h5H,6-7,15H2,1-4H3,(H,16,19);1H. The molecule has 116 valence electrons.